The van der Waals surface area contributed by atoms with Crippen LogP contribution in [0.15, 0.2) is 0 Å². The van der Waals surface area contributed by atoms with E-state index in [9.17, 15) is 4.39 Å². The smallest absolute Gasteiger partial charge is 0.100 e. The molecule has 0 aromatic rings. The zero-order valence-electron chi connectivity index (χ0n) is 5.23. The first-order valence-electron chi connectivity index (χ1n) is 3.26. The van der Waals surface area contributed by atoms with E-state index in [1.807, 2.05) is 0 Å². The number of halogens is 1. The predicted molar refractivity (Wildman–Crippen MR) is 32.2 cm³/mol. The van der Waals surface area contributed by atoms with Gasteiger partial charge in [-0.15, -0.1) is 0 Å². The molecule has 0 spiro atoms. The first-order valence-corrected chi connectivity index (χ1v) is 3.26. The Morgan fingerprint density at radius 2 is 2.38 bits per heavy atom. The van der Waals surface area contributed by atoms with Crippen molar-refractivity contribution < 1.29 is 4.39 Å². The number of alkyl halides is 1. The van der Waals surface area contributed by atoms with Crippen LogP contribution < -0.4 is 0 Å². The molecular weight excluding hydrogens is 103 g/mol. The Morgan fingerprint density at radius 3 is 2.75 bits per heavy atom. The van der Waals surface area contributed by atoms with Gasteiger partial charge >= 0.3 is 0 Å². The van der Waals surface area contributed by atoms with Gasteiger partial charge in [-0.05, 0) is 31.6 Å². The van der Waals surface area contributed by atoms with E-state index in [2.05, 4.69) is 13.3 Å². The van der Waals surface area contributed by atoms with Crippen LogP contribution in [0, 0.1) is 12.3 Å². The second-order valence-corrected chi connectivity index (χ2v) is 2.62. The van der Waals surface area contributed by atoms with Crippen LogP contribution in [-0.2, 0) is 0 Å². The highest BCUT2D eigenvalue weighted by Gasteiger charge is 2.17. The van der Waals surface area contributed by atoms with Crippen molar-refractivity contribution in [2.75, 3.05) is 0 Å². The van der Waals surface area contributed by atoms with Crippen LogP contribution in [0.4, 0.5) is 4.39 Å². The Hall–Kier alpha value is -0.0700. The van der Waals surface area contributed by atoms with Gasteiger partial charge in [-0.25, -0.2) is 4.39 Å². The Kier molecular flexibility index (Phi) is 1.87. The Labute approximate surface area is 50.1 Å². The van der Waals surface area contributed by atoms with Gasteiger partial charge in [0.1, 0.15) is 6.17 Å². The SMILES string of the molecule is CC1[CH]CCC(F)C1. The summed E-state index contributed by atoms with van der Waals surface area (Å²) in [5.41, 5.74) is 0. The van der Waals surface area contributed by atoms with Crippen molar-refractivity contribution in [2.24, 2.45) is 5.92 Å². The quantitative estimate of drug-likeness (QED) is 0.454. The zero-order valence-corrected chi connectivity index (χ0v) is 5.23. The van der Waals surface area contributed by atoms with Crippen molar-refractivity contribution in [3.63, 3.8) is 0 Å². The number of hydrogen-bond acceptors (Lipinski definition) is 0. The van der Waals surface area contributed by atoms with Gasteiger partial charge in [-0.1, -0.05) is 6.92 Å². The van der Waals surface area contributed by atoms with E-state index in [1.165, 1.54) is 0 Å². The van der Waals surface area contributed by atoms with Crippen LogP contribution in [0.5, 0.6) is 0 Å². The molecule has 0 nitrogen and oxygen atoms in total. The molecule has 1 heteroatoms. The normalized spacial score (nSPS) is 39.8. The Morgan fingerprint density at radius 1 is 1.62 bits per heavy atom. The first-order chi connectivity index (χ1) is 3.79. The van der Waals surface area contributed by atoms with Crippen LogP contribution in [0.2, 0.25) is 0 Å². The van der Waals surface area contributed by atoms with Crippen molar-refractivity contribution in [3.05, 3.63) is 6.42 Å². The lowest BCUT2D eigenvalue weighted by Gasteiger charge is -2.19. The van der Waals surface area contributed by atoms with E-state index < -0.39 is 6.17 Å². The van der Waals surface area contributed by atoms with E-state index in [-0.39, 0.29) is 0 Å². The molecule has 47 valence electrons. The van der Waals surface area contributed by atoms with Gasteiger partial charge in [-0.3, -0.25) is 0 Å². The lowest BCUT2D eigenvalue weighted by molar-refractivity contribution is 0.241. The molecule has 8 heavy (non-hydrogen) atoms. The zero-order chi connectivity index (χ0) is 5.98. The van der Waals surface area contributed by atoms with Gasteiger partial charge in [-0.2, -0.15) is 0 Å². The molecule has 0 amide bonds. The fourth-order valence-corrected chi connectivity index (χ4v) is 1.18. The molecule has 0 bridgehead atoms. The number of hydrogen-bond donors (Lipinski definition) is 0. The van der Waals surface area contributed by atoms with Crippen molar-refractivity contribution in [1.29, 1.82) is 0 Å². The summed E-state index contributed by atoms with van der Waals surface area (Å²) in [6.07, 6.45) is 4.16. The fraction of sp³-hybridized carbons (Fsp3) is 0.857. The molecule has 2 atom stereocenters. The second-order valence-electron chi connectivity index (χ2n) is 2.62. The lowest BCUT2D eigenvalue weighted by atomic mass is 9.90. The average molecular weight is 115 g/mol. The van der Waals surface area contributed by atoms with E-state index in [4.69, 9.17) is 0 Å². The molecule has 0 aromatic carbocycles. The van der Waals surface area contributed by atoms with Crippen molar-refractivity contribution in [3.8, 4) is 0 Å². The van der Waals surface area contributed by atoms with Crippen LogP contribution in [0.1, 0.15) is 26.2 Å². The van der Waals surface area contributed by atoms with Crippen molar-refractivity contribution in [2.45, 2.75) is 32.4 Å². The van der Waals surface area contributed by atoms with Gasteiger partial charge in [0, 0.05) is 0 Å². The molecule has 0 N–H and O–H groups in total. The molecule has 1 rings (SSSR count). The van der Waals surface area contributed by atoms with Gasteiger partial charge in [0.2, 0.25) is 0 Å². The van der Waals surface area contributed by atoms with E-state index in [0.29, 0.717) is 5.92 Å². The molecule has 1 aliphatic rings. The highest BCUT2D eigenvalue weighted by molar-refractivity contribution is 4.81. The molecule has 1 saturated carbocycles. The van der Waals surface area contributed by atoms with E-state index >= 15 is 0 Å². The standard InChI is InChI=1S/C7H12F/c1-6-3-2-4-7(8)5-6/h3,6-7H,2,4-5H2,1H3. The van der Waals surface area contributed by atoms with E-state index in [1.54, 1.807) is 0 Å². The Bertz CT molecular complexity index is 62.8. The summed E-state index contributed by atoms with van der Waals surface area (Å²) >= 11 is 0. The fourth-order valence-electron chi connectivity index (χ4n) is 1.18. The molecule has 2 unspecified atom stereocenters. The topological polar surface area (TPSA) is 0 Å². The minimum absolute atomic E-state index is 0.513. The van der Waals surface area contributed by atoms with Gasteiger partial charge < -0.3 is 0 Å². The lowest BCUT2D eigenvalue weighted by Crippen LogP contribution is -2.13. The third-order valence-electron chi connectivity index (χ3n) is 1.68. The predicted octanol–water partition coefficient (Wildman–Crippen LogP) is 2.35. The third kappa shape index (κ3) is 1.46. The van der Waals surface area contributed by atoms with Gasteiger partial charge in [0.05, 0.1) is 0 Å². The molecular formula is C7H12F. The molecule has 0 aromatic heterocycles. The molecule has 0 heterocycles. The van der Waals surface area contributed by atoms with Crippen molar-refractivity contribution >= 4 is 0 Å². The summed E-state index contributed by atoms with van der Waals surface area (Å²) in [4.78, 5) is 0. The highest BCUT2D eigenvalue weighted by Crippen LogP contribution is 2.24. The Balaban J connectivity index is 2.23. The maximum absolute atomic E-state index is 12.4. The summed E-state index contributed by atoms with van der Waals surface area (Å²) in [6.45, 7) is 2.08. The summed E-state index contributed by atoms with van der Waals surface area (Å²) in [6, 6.07) is 0. The monoisotopic (exact) mass is 115 g/mol. The van der Waals surface area contributed by atoms with Gasteiger partial charge in [0.25, 0.3) is 0 Å². The van der Waals surface area contributed by atoms with Crippen LogP contribution in [-0.4, -0.2) is 6.17 Å². The van der Waals surface area contributed by atoms with Gasteiger partial charge in [0.15, 0.2) is 0 Å². The van der Waals surface area contributed by atoms with Crippen LogP contribution >= 0.6 is 0 Å². The molecule has 1 radical (unpaired) electrons. The van der Waals surface area contributed by atoms with E-state index in [0.717, 1.165) is 19.3 Å². The van der Waals surface area contributed by atoms with Crippen molar-refractivity contribution in [1.82, 2.24) is 0 Å². The summed E-state index contributed by atoms with van der Waals surface area (Å²) in [7, 11) is 0. The number of rotatable bonds is 0. The summed E-state index contributed by atoms with van der Waals surface area (Å²) < 4.78 is 12.4. The minimum atomic E-state index is -0.519. The maximum atomic E-state index is 12.4. The highest BCUT2D eigenvalue weighted by atomic mass is 19.1. The maximum Gasteiger partial charge on any atom is 0.100 e. The second kappa shape index (κ2) is 2.47. The largest absolute Gasteiger partial charge is 0.247 e. The minimum Gasteiger partial charge on any atom is -0.247 e. The third-order valence-corrected chi connectivity index (χ3v) is 1.68. The molecule has 0 aliphatic heterocycles. The van der Waals surface area contributed by atoms with Crippen LogP contribution in [0.25, 0.3) is 0 Å². The van der Waals surface area contributed by atoms with Crippen LogP contribution in [0.3, 0.4) is 0 Å². The molecule has 1 aliphatic carbocycles. The summed E-state index contributed by atoms with van der Waals surface area (Å²) in [5, 5.41) is 0. The summed E-state index contributed by atoms with van der Waals surface area (Å²) in [5.74, 6) is 0.513. The average Bonchev–Trinajstić information content (AvgIpc) is 1.64. The molecule has 1 fully saturated rings. The molecule has 0 saturated heterocycles. The first kappa shape index (κ1) is 6.06.